The quantitative estimate of drug-likeness (QED) is 0.789. The Labute approximate surface area is 123 Å². The Morgan fingerprint density at radius 3 is 2.40 bits per heavy atom. The summed E-state index contributed by atoms with van der Waals surface area (Å²) in [6.45, 7) is 8.12. The van der Waals surface area contributed by atoms with Crippen molar-refractivity contribution in [2.75, 3.05) is 32.7 Å². The second-order valence-electron chi connectivity index (χ2n) is 7.45. The van der Waals surface area contributed by atoms with Crippen molar-refractivity contribution in [2.24, 2.45) is 11.3 Å². The highest BCUT2D eigenvalue weighted by molar-refractivity contribution is 5.77. The highest BCUT2D eigenvalue weighted by Gasteiger charge is 2.46. The van der Waals surface area contributed by atoms with E-state index in [1.54, 1.807) is 0 Å². The number of hydrogen-bond donors (Lipinski definition) is 0. The third-order valence-corrected chi connectivity index (χ3v) is 5.80. The second-order valence-corrected chi connectivity index (χ2v) is 7.45. The lowest BCUT2D eigenvalue weighted by Gasteiger charge is -2.54. The van der Waals surface area contributed by atoms with Gasteiger partial charge in [0.25, 0.3) is 0 Å². The van der Waals surface area contributed by atoms with E-state index >= 15 is 0 Å². The predicted molar refractivity (Wildman–Crippen MR) is 81.6 cm³/mol. The van der Waals surface area contributed by atoms with E-state index in [0.717, 1.165) is 19.5 Å². The molecule has 2 saturated heterocycles. The van der Waals surface area contributed by atoms with Gasteiger partial charge < -0.3 is 9.80 Å². The molecule has 0 atom stereocenters. The molecule has 0 bridgehead atoms. The van der Waals surface area contributed by atoms with Crippen LogP contribution in [0.1, 0.15) is 58.3 Å². The fraction of sp³-hybridized carbons (Fsp3) is 0.941. The summed E-state index contributed by atoms with van der Waals surface area (Å²) in [6, 6.07) is 0. The van der Waals surface area contributed by atoms with Crippen LogP contribution in [-0.2, 0) is 4.79 Å². The lowest BCUT2D eigenvalue weighted by molar-refractivity contribution is -0.147. The van der Waals surface area contributed by atoms with Gasteiger partial charge in [0.2, 0.25) is 5.91 Å². The normalized spacial score (nSPS) is 26.9. The van der Waals surface area contributed by atoms with Crippen LogP contribution in [0, 0.1) is 11.3 Å². The van der Waals surface area contributed by atoms with Crippen molar-refractivity contribution < 1.29 is 4.79 Å². The largest absolute Gasteiger partial charge is 0.341 e. The number of amides is 1. The van der Waals surface area contributed by atoms with Gasteiger partial charge in [-0.3, -0.25) is 4.79 Å². The van der Waals surface area contributed by atoms with Crippen LogP contribution < -0.4 is 0 Å². The Morgan fingerprint density at radius 1 is 1.15 bits per heavy atom. The molecule has 3 nitrogen and oxygen atoms in total. The molecule has 3 rings (SSSR count). The van der Waals surface area contributed by atoms with Gasteiger partial charge in [-0.2, -0.15) is 0 Å². The summed E-state index contributed by atoms with van der Waals surface area (Å²) in [5, 5.41) is 0. The smallest absolute Gasteiger partial charge is 0.222 e. The van der Waals surface area contributed by atoms with Crippen molar-refractivity contribution in [1.82, 2.24) is 9.80 Å². The van der Waals surface area contributed by atoms with Gasteiger partial charge in [-0.05, 0) is 57.7 Å². The van der Waals surface area contributed by atoms with E-state index in [-0.39, 0.29) is 0 Å². The maximum atomic E-state index is 12.3. The van der Waals surface area contributed by atoms with E-state index in [9.17, 15) is 4.79 Å². The first-order valence-corrected chi connectivity index (χ1v) is 8.71. The summed E-state index contributed by atoms with van der Waals surface area (Å²) in [7, 11) is 0. The third-order valence-electron chi connectivity index (χ3n) is 5.80. The fourth-order valence-corrected chi connectivity index (χ4v) is 4.41. The minimum Gasteiger partial charge on any atom is -0.341 e. The van der Waals surface area contributed by atoms with Crippen molar-refractivity contribution in [3.63, 3.8) is 0 Å². The monoisotopic (exact) mass is 278 g/mol. The topological polar surface area (TPSA) is 23.6 Å². The molecule has 0 N–H and O–H groups in total. The van der Waals surface area contributed by atoms with Gasteiger partial charge >= 0.3 is 0 Å². The van der Waals surface area contributed by atoms with E-state index in [4.69, 9.17) is 0 Å². The van der Waals surface area contributed by atoms with Gasteiger partial charge in [-0.1, -0.05) is 19.8 Å². The Morgan fingerprint density at radius 2 is 1.80 bits per heavy atom. The molecule has 114 valence electrons. The zero-order valence-electron chi connectivity index (χ0n) is 13.1. The van der Waals surface area contributed by atoms with Crippen LogP contribution in [-0.4, -0.2) is 48.4 Å². The van der Waals surface area contributed by atoms with Crippen molar-refractivity contribution in [3.05, 3.63) is 0 Å². The summed E-state index contributed by atoms with van der Waals surface area (Å²) in [5.74, 6) is 1.14. The number of piperidine rings is 1. The molecule has 20 heavy (non-hydrogen) atoms. The lowest BCUT2D eigenvalue weighted by Crippen LogP contribution is -2.62. The van der Waals surface area contributed by atoms with Gasteiger partial charge in [-0.25, -0.2) is 0 Å². The van der Waals surface area contributed by atoms with Crippen LogP contribution in [0.25, 0.3) is 0 Å². The van der Waals surface area contributed by atoms with E-state index in [2.05, 4.69) is 16.7 Å². The summed E-state index contributed by atoms with van der Waals surface area (Å²) >= 11 is 0. The van der Waals surface area contributed by atoms with Crippen LogP contribution in [0.2, 0.25) is 0 Å². The summed E-state index contributed by atoms with van der Waals surface area (Å²) in [4.78, 5) is 17.0. The van der Waals surface area contributed by atoms with Crippen LogP contribution in [0.3, 0.4) is 0 Å². The molecule has 0 radical (unpaired) electrons. The maximum Gasteiger partial charge on any atom is 0.222 e. The van der Waals surface area contributed by atoms with Crippen LogP contribution in [0.15, 0.2) is 0 Å². The SMILES string of the molecule is CCCN1CCC2(CC1)CN(C(=O)CC1CCCC1)C2. The molecule has 0 aromatic rings. The van der Waals surface area contributed by atoms with Crippen molar-refractivity contribution in [2.45, 2.75) is 58.3 Å². The highest BCUT2D eigenvalue weighted by atomic mass is 16.2. The van der Waals surface area contributed by atoms with Crippen molar-refractivity contribution in [3.8, 4) is 0 Å². The van der Waals surface area contributed by atoms with E-state index < -0.39 is 0 Å². The zero-order chi connectivity index (χ0) is 14.0. The van der Waals surface area contributed by atoms with Gasteiger partial charge in [-0.15, -0.1) is 0 Å². The van der Waals surface area contributed by atoms with Crippen molar-refractivity contribution >= 4 is 5.91 Å². The highest BCUT2D eigenvalue weighted by Crippen LogP contribution is 2.41. The minimum absolute atomic E-state index is 0.443. The summed E-state index contributed by atoms with van der Waals surface area (Å²) < 4.78 is 0. The number of carbonyl (C=O) groups is 1. The first-order chi connectivity index (χ1) is 9.71. The number of hydrogen-bond acceptors (Lipinski definition) is 2. The second kappa shape index (κ2) is 6.05. The molecule has 1 spiro atoms. The van der Waals surface area contributed by atoms with Crippen LogP contribution in [0.4, 0.5) is 0 Å². The number of rotatable bonds is 4. The first-order valence-electron chi connectivity index (χ1n) is 8.71. The number of carbonyl (C=O) groups excluding carboxylic acids is 1. The number of likely N-dealkylation sites (tertiary alicyclic amines) is 2. The van der Waals surface area contributed by atoms with E-state index in [1.165, 1.54) is 64.6 Å². The molecule has 0 aromatic heterocycles. The molecular weight excluding hydrogens is 248 g/mol. The summed E-state index contributed by atoms with van der Waals surface area (Å²) in [6.07, 6.45) is 9.97. The minimum atomic E-state index is 0.443. The number of nitrogens with zero attached hydrogens (tertiary/aromatic N) is 2. The fourth-order valence-electron chi connectivity index (χ4n) is 4.41. The van der Waals surface area contributed by atoms with Gasteiger partial charge in [0.15, 0.2) is 0 Å². The third kappa shape index (κ3) is 3.03. The molecule has 2 aliphatic heterocycles. The molecule has 3 aliphatic rings. The molecule has 2 heterocycles. The Balaban J connectivity index is 1.40. The van der Waals surface area contributed by atoms with Gasteiger partial charge in [0, 0.05) is 24.9 Å². The molecule has 3 fully saturated rings. The molecule has 1 aliphatic carbocycles. The average molecular weight is 278 g/mol. The van der Waals surface area contributed by atoms with Crippen LogP contribution in [0.5, 0.6) is 0 Å². The molecule has 1 amide bonds. The standard InChI is InChI=1S/C17H30N2O/c1-2-9-18-10-7-17(8-11-18)13-19(14-17)16(20)12-15-5-3-4-6-15/h15H,2-14H2,1H3. The molecule has 1 saturated carbocycles. The molecule has 3 heteroatoms. The zero-order valence-corrected chi connectivity index (χ0v) is 13.1. The maximum absolute atomic E-state index is 12.3. The summed E-state index contributed by atoms with van der Waals surface area (Å²) in [5.41, 5.74) is 0.496. The Kier molecular flexibility index (Phi) is 4.34. The first kappa shape index (κ1) is 14.4. The molecule has 0 unspecified atom stereocenters. The Hall–Kier alpha value is -0.570. The Bertz CT molecular complexity index is 333. The van der Waals surface area contributed by atoms with Crippen molar-refractivity contribution in [1.29, 1.82) is 0 Å². The average Bonchev–Trinajstić information content (AvgIpc) is 2.90. The van der Waals surface area contributed by atoms with E-state index in [0.29, 0.717) is 17.2 Å². The molecular formula is C17H30N2O. The van der Waals surface area contributed by atoms with Gasteiger partial charge in [0.05, 0.1) is 0 Å². The van der Waals surface area contributed by atoms with Crippen LogP contribution >= 0.6 is 0 Å². The lowest BCUT2D eigenvalue weighted by atomic mass is 9.71. The van der Waals surface area contributed by atoms with Gasteiger partial charge in [0.1, 0.15) is 0 Å². The predicted octanol–water partition coefficient (Wildman–Crippen LogP) is 2.90. The molecule has 0 aromatic carbocycles. The van der Waals surface area contributed by atoms with E-state index in [1.807, 2.05) is 0 Å².